The Kier molecular flexibility index (Phi) is 4.16. The van der Waals surface area contributed by atoms with Gasteiger partial charge in [-0.1, -0.05) is 42.3 Å². The molecule has 1 nitrogen and oxygen atoms in total. The van der Waals surface area contributed by atoms with Crippen LogP contribution in [0.3, 0.4) is 0 Å². The zero-order valence-corrected chi connectivity index (χ0v) is 11.4. The fourth-order valence-corrected chi connectivity index (χ4v) is 2.93. The largest absolute Gasteiger partial charge is 0.288 e. The van der Waals surface area contributed by atoms with Crippen LogP contribution in [0.1, 0.15) is 42.5 Å². The molecular formula is C14H15IO. The van der Waals surface area contributed by atoms with Crippen molar-refractivity contribution < 1.29 is 4.79 Å². The Morgan fingerprint density at radius 2 is 1.62 bits per heavy atom. The van der Waals surface area contributed by atoms with Crippen LogP contribution in [0.15, 0.2) is 39.5 Å². The maximum absolute atomic E-state index is 12.2. The molecule has 84 valence electrons. The van der Waals surface area contributed by atoms with E-state index < -0.39 is 0 Å². The fourth-order valence-electron chi connectivity index (χ4n) is 2.07. The Bertz CT molecular complexity index is 398. The first-order chi connectivity index (χ1) is 7.79. The van der Waals surface area contributed by atoms with E-state index in [0.29, 0.717) is 0 Å². The summed E-state index contributed by atoms with van der Waals surface area (Å²) in [6, 6.07) is 9.57. The quantitative estimate of drug-likeness (QED) is 0.444. The van der Waals surface area contributed by atoms with Crippen LogP contribution in [0.25, 0.3) is 0 Å². The average Bonchev–Trinajstić information content (AvgIpc) is 2.39. The van der Waals surface area contributed by atoms with Crippen LogP contribution < -0.4 is 0 Å². The maximum atomic E-state index is 12.2. The molecule has 2 heteroatoms. The molecule has 0 spiro atoms. The van der Waals surface area contributed by atoms with Gasteiger partial charge in [-0.3, -0.25) is 4.79 Å². The highest BCUT2D eigenvalue weighted by molar-refractivity contribution is 14.1. The standard InChI is InChI=1S/C14H15IO/c15-13(11-7-3-1-4-8-11)14(16)12-9-5-2-6-10-12/h2,5-6,9-10H,1,3-4,7-8H2. The Hall–Kier alpha value is -0.640. The first-order valence-electron chi connectivity index (χ1n) is 5.76. The lowest BCUT2D eigenvalue weighted by molar-refractivity contribution is 0.104. The minimum atomic E-state index is 0.193. The summed E-state index contributed by atoms with van der Waals surface area (Å²) in [5.41, 5.74) is 2.17. The Morgan fingerprint density at radius 1 is 1.00 bits per heavy atom. The van der Waals surface area contributed by atoms with Crippen molar-refractivity contribution in [2.45, 2.75) is 32.1 Å². The van der Waals surface area contributed by atoms with Gasteiger partial charge < -0.3 is 0 Å². The summed E-state index contributed by atoms with van der Waals surface area (Å²) in [5, 5.41) is 0. The van der Waals surface area contributed by atoms with Gasteiger partial charge in [0.25, 0.3) is 0 Å². The topological polar surface area (TPSA) is 17.1 Å². The average molecular weight is 326 g/mol. The van der Waals surface area contributed by atoms with Crippen LogP contribution >= 0.6 is 22.6 Å². The van der Waals surface area contributed by atoms with Crippen LogP contribution in [0, 0.1) is 0 Å². The second kappa shape index (κ2) is 5.62. The molecule has 0 radical (unpaired) electrons. The molecule has 0 unspecified atom stereocenters. The number of carbonyl (C=O) groups excluding carboxylic acids is 1. The molecule has 0 bridgehead atoms. The molecule has 1 fully saturated rings. The number of allylic oxidation sites excluding steroid dienone is 2. The third-order valence-electron chi connectivity index (χ3n) is 3.00. The molecule has 0 saturated heterocycles. The molecule has 0 atom stereocenters. The predicted molar refractivity (Wildman–Crippen MR) is 74.9 cm³/mol. The van der Waals surface area contributed by atoms with E-state index in [-0.39, 0.29) is 5.78 Å². The summed E-state index contributed by atoms with van der Waals surface area (Å²) in [4.78, 5) is 12.2. The smallest absolute Gasteiger partial charge is 0.199 e. The van der Waals surface area contributed by atoms with Gasteiger partial charge in [0.2, 0.25) is 0 Å². The highest BCUT2D eigenvalue weighted by Gasteiger charge is 2.16. The number of halogens is 1. The number of benzene rings is 1. The van der Waals surface area contributed by atoms with Gasteiger partial charge in [0.15, 0.2) is 5.78 Å². The molecule has 1 aliphatic rings. The molecule has 1 saturated carbocycles. The SMILES string of the molecule is O=C(C(I)=C1CCCCC1)c1ccccc1. The lowest BCUT2D eigenvalue weighted by Crippen LogP contribution is -2.04. The van der Waals surface area contributed by atoms with E-state index in [9.17, 15) is 4.79 Å². The van der Waals surface area contributed by atoms with Gasteiger partial charge in [0, 0.05) is 5.56 Å². The number of Topliss-reactive ketones (excluding diaryl/α,β-unsaturated/α-hetero) is 1. The number of hydrogen-bond donors (Lipinski definition) is 0. The Labute approximate surface area is 110 Å². The number of ketones is 1. The number of rotatable bonds is 2. The summed E-state index contributed by atoms with van der Waals surface area (Å²) in [7, 11) is 0. The third kappa shape index (κ3) is 2.73. The summed E-state index contributed by atoms with van der Waals surface area (Å²) in [6.07, 6.45) is 6.01. The fraction of sp³-hybridized carbons (Fsp3) is 0.357. The second-order valence-electron chi connectivity index (χ2n) is 4.17. The molecule has 2 rings (SSSR count). The molecule has 1 aliphatic carbocycles. The van der Waals surface area contributed by atoms with Crippen LogP contribution in [0.2, 0.25) is 0 Å². The van der Waals surface area contributed by atoms with Gasteiger partial charge in [-0.2, -0.15) is 0 Å². The van der Waals surface area contributed by atoms with Crippen molar-refractivity contribution in [1.29, 1.82) is 0 Å². The van der Waals surface area contributed by atoms with E-state index in [0.717, 1.165) is 22.0 Å². The Morgan fingerprint density at radius 3 is 2.25 bits per heavy atom. The van der Waals surface area contributed by atoms with E-state index >= 15 is 0 Å². The molecular weight excluding hydrogens is 311 g/mol. The van der Waals surface area contributed by atoms with E-state index in [2.05, 4.69) is 22.6 Å². The molecule has 0 aliphatic heterocycles. The van der Waals surface area contributed by atoms with Crippen LogP contribution in [0.4, 0.5) is 0 Å². The third-order valence-corrected chi connectivity index (χ3v) is 4.26. The molecule has 0 amide bonds. The molecule has 0 N–H and O–H groups in total. The zero-order chi connectivity index (χ0) is 11.4. The van der Waals surface area contributed by atoms with Gasteiger partial charge in [0.05, 0.1) is 3.58 Å². The van der Waals surface area contributed by atoms with Gasteiger partial charge in [-0.15, -0.1) is 0 Å². The normalized spacial score (nSPS) is 15.9. The summed E-state index contributed by atoms with van der Waals surface area (Å²) >= 11 is 2.22. The van der Waals surface area contributed by atoms with Crippen molar-refractivity contribution in [3.05, 3.63) is 45.0 Å². The van der Waals surface area contributed by atoms with Gasteiger partial charge >= 0.3 is 0 Å². The monoisotopic (exact) mass is 326 g/mol. The maximum Gasteiger partial charge on any atom is 0.199 e. The minimum Gasteiger partial charge on any atom is -0.288 e. The van der Waals surface area contributed by atoms with Crippen molar-refractivity contribution in [3.63, 3.8) is 0 Å². The summed E-state index contributed by atoms with van der Waals surface area (Å²) in [5.74, 6) is 0.193. The van der Waals surface area contributed by atoms with Gasteiger partial charge in [-0.25, -0.2) is 0 Å². The number of carbonyl (C=O) groups is 1. The molecule has 16 heavy (non-hydrogen) atoms. The van der Waals surface area contributed by atoms with Crippen molar-refractivity contribution in [2.75, 3.05) is 0 Å². The van der Waals surface area contributed by atoms with Crippen molar-refractivity contribution in [1.82, 2.24) is 0 Å². The summed E-state index contributed by atoms with van der Waals surface area (Å²) in [6.45, 7) is 0. The second-order valence-corrected chi connectivity index (χ2v) is 5.25. The lowest BCUT2D eigenvalue weighted by atomic mass is 9.93. The molecule has 0 heterocycles. The van der Waals surface area contributed by atoms with Gasteiger partial charge in [-0.05, 0) is 48.3 Å². The molecule has 1 aromatic carbocycles. The molecule has 0 aromatic heterocycles. The van der Waals surface area contributed by atoms with Crippen molar-refractivity contribution >= 4 is 28.4 Å². The zero-order valence-electron chi connectivity index (χ0n) is 9.21. The predicted octanol–water partition coefficient (Wildman–Crippen LogP) is 4.52. The van der Waals surface area contributed by atoms with Gasteiger partial charge in [0.1, 0.15) is 0 Å². The first-order valence-corrected chi connectivity index (χ1v) is 6.84. The molecule has 1 aromatic rings. The van der Waals surface area contributed by atoms with Crippen molar-refractivity contribution in [2.24, 2.45) is 0 Å². The van der Waals surface area contributed by atoms with Crippen LogP contribution in [0.5, 0.6) is 0 Å². The van der Waals surface area contributed by atoms with Crippen molar-refractivity contribution in [3.8, 4) is 0 Å². The van der Waals surface area contributed by atoms with E-state index in [4.69, 9.17) is 0 Å². The minimum absolute atomic E-state index is 0.193. The Balaban J connectivity index is 2.21. The lowest BCUT2D eigenvalue weighted by Gasteiger charge is -2.15. The van der Waals surface area contributed by atoms with E-state index in [1.54, 1.807) is 0 Å². The highest BCUT2D eigenvalue weighted by Crippen LogP contribution is 2.30. The van der Waals surface area contributed by atoms with Crippen LogP contribution in [-0.2, 0) is 0 Å². The highest BCUT2D eigenvalue weighted by atomic mass is 127. The van der Waals surface area contributed by atoms with E-state index in [1.165, 1.54) is 24.8 Å². The first kappa shape index (κ1) is 11.8. The summed E-state index contributed by atoms with van der Waals surface area (Å²) < 4.78 is 0.948. The van der Waals surface area contributed by atoms with E-state index in [1.807, 2.05) is 30.3 Å². The number of hydrogen-bond acceptors (Lipinski definition) is 1. The van der Waals surface area contributed by atoms with Crippen LogP contribution in [-0.4, -0.2) is 5.78 Å².